The van der Waals surface area contributed by atoms with Gasteiger partial charge < -0.3 is 19.1 Å². The van der Waals surface area contributed by atoms with Crippen LogP contribution < -0.4 is 14.2 Å². The quantitative estimate of drug-likeness (QED) is 0.813. The molecule has 1 aliphatic heterocycles. The van der Waals surface area contributed by atoms with Crippen LogP contribution in [0, 0.1) is 0 Å². The molecule has 0 aliphatic carbocycles. The van der Waals surface area contributed by atoms with Gasteiger partial charge in [-0.15, -0.1) is 0 Å². The van der Waals surface area contributed by atoms with E-state index < -0.39 is 0 Å². The lowest BCUT2D eigenvalue weighted by Crippen LogP contribution is -2.34. The minimum Gasteiger partial charge on any atom is -0.497 e. The van der Waals surface area contributed by atoms with E-state index in [0.29, 0.717) is 30.5 Å². The maximum absolute atomic E-state index is 12.3. The van der Waals surface area contributed by atoms with Crippen LogP contribution in [0.3, 0.4) is 0 Å². The predicted molar refractivity (Wildman–Crippen MR) is 88.3 cm³/mol. The van der Waals surface area contributed by atoms with Crippen LogP contribution in [-0.2, 0) is 4.79 Å². The summed E-state index contributed by atoms with van der Waals surface area (Å²) in [5, 5.41) is 0. The van der Waals surface area contributed by atoms with E-state index in [1.54, 1.807) is 30.3 Å². The number of benzene rings is 1. The second-order valence-electron chi connectivity index (χ2n) is 5.50. The highest BCUT2D eigenvalue weighted by Crippen LogP contribution is 2.20. The lowest BCUT2D eigenvalue weighted by molar-refractivity contribution is -0.132. The Morgan fingerprint density at radius 2 is 2.12 bits per heavy atom. The molecule has 6 heteroatoms. The summed E-state index contributed by atoms with van der Waals surface area (Å²) in [7, 11) is 1.59. The fourth-order valence-electron chi connectivity index (χ4n) is 2.57. The van der Waals surface area contributed by atoms with Gasteiger partial charge in [-0.1, -0.05) is 12.1 Å². The number of pyridine rings is 1. The molecule has 126 valence electrons. The van der Waals surface area contributed by atoms with Crippen molar-refractivity contribution in [3.05, 3.63) is 48.7 Å². The van der Waals surface area contributed by atoms with Crippen molar-refractivity contribution in [2.75, 3.05) is 26.8 Å². The highest BCUT2D eigenvalue weighted by molar-refractivity contribution is 5.78. The number of ether oxygens (including phenoxy) is 3. The van der Waals surface area contributed by atoms with Crippen molar-refractivity contribution in [2.24, 2.45) is 0 Å². The Morgan fingerprint density at radius 3 is 2.92 bits per heavy atom. The van der Waals surface area contributed by atoms with Gasteiger partial charge in [0.05, 0.1) is 13.7 Å². The van der Waals surface area contributed by atoms with E-state index in [1.165, 1.54) is 0 Å². The molecule has 24 heavy (non-hydrogen) atoms. The first-order valence-corrected chi connectivity index (χ1v) is 7.87. The molecule has 2 heterocycles. The summed E-state index contributed by atoms with van der Waals surface area (Å²) in [5.74, 6) is 1.85. The van der Waals surface area contributed by atoms with E-state index >= 15 is 0 Å². The lowest BCUT2D eigenvalue weighted by atomic mass is 10.3. The van der Waals surface area contributed by atoms with Gasteiger partial charge in [0.25, 0.3) is 5.91 Å². The highest BCUT2D eigenvalue weighted by atomic mass is 16.5. The standard InChI is InChI=1S/C18H20N2O4/c1-22-14-5-4-6-15(11-14)23-13-18(21)20-10-8-16(12-20)24-17-7-2-3-9-19-17/h2-7,9,11,16H,8,10,12-13H2,1H3. The lowest BCUT2D eigenvalue weighted by Gasteiger charge is -2.17. The average molecular weight is 328 g/mol. The SMILES string of the molecule is COc1cccc(OCC(=O)N2CCC(Oc3ccccn3)C2)c1. The van der Waals surface area contributed by atoms with Crippen LogP contribution in [0.5, 0.6) is 17.4 Å². The molecule has 1 aromatic carbocycles. The minimum atomic E-state index is -0.0510. The van der Waals surface area contributed by atoms with E-state index in [9.17, 15) is 4.79 Å². The van der Waals surface area contributed by atoms with E-state index in [0.717, 1.165) is 6.42 Å². The summed E-state index contributed by atoms with van der Waals surface area (Å²) in [6, 6.07) is 12.7. The first kappa shape index (κ1) is 16.1. The fourth-order valence-corrected chi connectivity index (χ4v) is 2.57. The number of carbonyl (C=O) groups is 1. The molecule has 1 amide bonds. The van der Waals surface area contributed by atoms with Gasteiger partial charge in [0.1, 0.15) is 17.6 Å². The summed E-state index contributed by atoms with van der Waals surface area (Å²) >= 11 is 0. The van der Waals surface area contributed by atoms with Crippen molar-refractivity contribution in [3.8, 4) is 17.4 Å². The van der Waals surface area contributed by atoms with Gasteiger partial charge in [0, 0.05) is 31.3 Å². The number of methoxy groups -OCH3 is 1. The molecular weight excluding hydrogens is 308 g/mol. The van der Waals surface area contributed by atoms with Crippen molar-refractivity contribution in [1.29, 1.82) is 0 Å². The third kappa shape index (κ3) is 4.16. The number of nitrogens with zero attached hydrogens (tertiary/aromatic N) is 2. The molecular formula is C18H20N2O4. The van der Waals surface area contributed by atoms with Gasteiger partial charge in [-0.3, -0.25) is 4.79 Å². The van der Waals surface area contributed by atoms with E-state index in [4.69, 9.17) is 14.2 Å². The first-order chi connectivity index (χ1) is 11.7. The van der Waals surface area contributed by atoms with Crippen LogP contribution in [0.1, 0.15) is 6.42 Å². The summed E-state index contributed by atoms with van der Waals surface area (Å²) in [6.45, 7) is 1.22. The topological polar surface area (TPSA) is 60.9 Å². The zero-order valence-corrected chi connectivity index (χ0v) is 13.6. The fraction of sp³-hybridized carbons (Fsp3) is 0.333. The largest absolute Gasteiger partial charge is 0.497 e. The molecule has 1 saturated heterocycles. The van der Waals surface area contributed by atoms with Crippen molar-refractivity contribution in [2.45, 2.75) is 12.5 Å². The number of likely N-dealkylation sites (tertiary alicyclic amines) is 1. The predicted octanol–water partition coefficient (Wildman–Crippen LogP) is 2.15. The van der Waals surface area contributed by atoms with Crippen molar-refractivity contribution < 1.29 is 19.0 Å². The van der Waals surface area contributed by atoms with E-state index in [-0.39, 0.29) is 18.6 Å². The second-order valence-corrected chi connectivity index (χ2v) is 5.50. The van der Waals surface area contributed by atoms with Gasteiger partial charge in [-0.05, 0) is 18.2 Å². The minimum absolute atomic E-state index is 0.00345. The van der Waals surface area contributed by atoms with Crippen molar-refractivity contribution >= 4 is 5.91 Å². The second kappa shape index (κ2) is 7.68. The zero-order valence-electron chi connectivity index (χ0n) is 13.6. The molecule has 1 fully saturated rings. The Labute approximate surface area is 141 Å². The van der Waals surface area contributed by atoms with Gasteiger partial charge in [-0.2, -0.15) is 0 Å². The summed E-state index contributed by atoms with van der Waals surface area (Å²) in [5.41, 5.74) is 0. The van der Waals surface area contributed by atoms with Crippen LogP contribution in [0.15, 0.2) is 48.7 Å². The van der Waals surface area contributed by atoms with Gasteiger partial charge in [0.2, 0.25) is 5.88 Å². The molecule has 0 N–H and O–H groups in total. The van der Waals surface area contributed by atoms with Crippen LogP contribution in [0.4, 0.5) is 0 Å². The van der Waals surface area contributed by atoms with E-state index in [1.807, 2.05) is 30.3 Å². The monoisotopic (exact) mass is 328 g/mol. The van der Waals surface area contributed by atoms with Crippen LogP contribution >= 0.6 is 0 Å². The molecule has 0 spiro atoms. The van der Waals surface area contributed by atoms with Crippen molar-refractivity contribution in [1.82, 2.24) is 9.88 Å². The van der Waals surface area contributed by atoms with Gasteiger partial charge in [-0.25, -0.2) is 4.98 Å². The molecule has 6 nitrogen and oxygen atoms in total. The number of amides is 1. The van der Waals surface area contributed by atoms with Gasteiger partial charge in [0.15, 0.2) is 6.61 Å². The first-order valence-electron chi connectivity index (χ1n) is 7.87. The Morgan fingerprint density at radius 1 is 1.25 bits per heavy atom. The Kier molecular flexibility index (Phi) is 5.15. The third-order valence-corrected chi connectivity index (χ3v) is 3.83. The number of hydrogen-bond donors (Lipinski definition) is 0. The Balaban J connectivity index is 1.47. The number of carbonyl (C=O) groups excluding carboxylic acids is 1. The molecule has 2 aromatic rings. The van der Waals surface area contributed by atoms with Crippen LogP contribution in [0.2, 0.25) is 0 Å². The maximum atomic E-state index is 12.3. The Bertz CT molecular complexity index is 678. The summed E-state index contributed by atoms with van der Waals surface area (Å²) in [6.07, 6.45) is 2.46. The smallest absolute Gasteiger partial charge is 0.260 e. The highest BCUT2D eigenvalue weighted by Gasteiger charge is 2.28. The zero-order chi connectivity index (χ0) is 16.8. The number of rotatable bonds is 6. The normalized spacial score (nSPS) is 16.7. The molecule has 1 atom stereocenters. The van der Waals surface area contributed by atoms with Gasteiger partial charge >= 0.3 is 0 Å². The molecule has 1 aliphatic rings. The summed E-state index contributed by atoms with van der Waals surface area (Å²) < 4.78 is 16.5. The van der Waals surface area contributed by atoms with E-state index in [2.05, 4.69) is 4.98 Å². The molecule has 1 unspecified atom stereocenters. The number of aromatic nitrogens is 1. The molecule has 0 saturated carbocycles. The molecule has 0 radical (unpaired) electrons. The molecule has 0 bridgehead atoms. The third-order valence-electron chi connectivity index (χ3n) is 3.83. The van der Waals surface area contributed by atoms with Crippen molar-refractivity contribution in [3.63, 3.8) is 0 Å². The maximum Gasteiger partial charge on any atom is 0.260 e. The van der Waals surface area contributed by atoms with Crippen LogP contribution in [0.25, 0.3) is 0 Å². The van der Waals surface area contributed by atoms with Crippen LogP contribution in [-0.4, -0.2) is 48.7 Å². The molecule has 1 aromatic heterocycles. The number of hydrogen-bond acceptors (Lipinski definition) is 5. The average Bonchev–Trinajstić information content (AvgIpc) is 3.09. The molecule has 3 rings (SSSR count). The summed E-state index contributed by atoms with van der Waals surface area (Å²) in [4.78, 5) is 18.2. The Hall–Kier alpha value is -2.76.